The summed E-state index contributed by atoms with van der Waals surface area (Å²) in [5, 5.41) is 8.87. The zero-order valence-electron chi connectivity index (χ0n) is 9.86. The molecule has 0 aliphatic carbocycles. The Morgan fingerprint density at radius 2 is 1.94 bits per heavy atom. The van der Waals surface area contributed by atoms with Gasteiger partial charge in [0.05, 0.1) is 5.92 Å². The molecule has 1 aromatic rings. The molecule has 0 heterocycles. The van der Waals surface area contributed by atoms with Crippen molar-refractivity contribution in [1.82, 2.24) is 0 Å². The molecule has 1 aromatic carbocycles. The zero-order chi connectivity index (χ0) is 12.1. The molecule has 0 aliphatic heterocycles. The summed E-state index contributed by atoms with van der Waals surface area (Å²) < 4.78 is 0. The molecule has 1 N–H and O–H groups in total. The molecule has 0 bridgehead atoms. The number of allylic oxidation sites excluding steroid dienone is 1. The summed E-state index contributed by atoms with van der Waals surface area (Å²) in [7, 11) is 0. The second-order valence-electron chi connectivity index (χ2n) is 4.26. The Balaban J connectivity index is 2.67. The van der Waals surface area contributed by atoms with Gasteiger partial charge in [0.1, 0.15) is 0 Å². The van der Waals surface area contributed by atoms with Crippen molar-refractivity contribution in [3.8, 4) is 0 Å². The minimum Gasteiger partial charge on any atom is -0.481 e. The Labute approximate surface area is 96.6 Å². The van der Waals surface area contributed by atoms with Gasteiger partial charge < -0.3 is 5.11 Å². The molecular formula is C14H18O2. The third-order valence-corrected chi connectivity index (χ3v) is 2.69. The number of carboxylic acid groups (broad SMARTS) is 1. The second-order valence-corrected chi connectivity index (χ2v) is 4.26. The van der Waals surface area contributed by atoms with Crippen molar-refractivity contribution in [1.29, 1.82) is 0 Å². The first-order chi connectivity index (χ1) is 7.50. The van der Waals surface area contributed by atoms with Crippen LogP contribution in [-0.2, 0) is 11.2 Å². The third kappa shape index (κ3) is 3.54. The molecule has 0 aliphatic rings. The second kappa shape index (κ2) is 5.50. The number of aliphatic carboxylic acids is 1. The maximum atomic E-state index is 10.8. The highest BCUT2D eigenvalue weighted by atomic mass is 16.4. The summed E-state index contributed by atoms with van der Waals surface area (Å²) in [5.41, 5.74) is 3.25. The van der Waals surface area contributed by atoms with Crippen LogP contribution in [0.5, 0.6) is 0 Å². The first-order valence-corrected chi connectivity index (χ1v) is 5.46. The van der Waals surface area contributed by atoms with Crippen molar-refractivity contribution in [2.45, 2.75) is 32.6 Å². The van der Waals surface area contributed by atoms with E-state index in [1.54, 1.807) is 6.92 Å². The van der Waals surface area contributed by atoms with Crippen molar-refractivity contribution in [2.75, 3.05) is 0 Å². The van der Waals surface area contributed by atoms with Crippen molar-refractivity contribution in [3.05, 3.63) is 47.5 Å². The first kappa shape index (κ1) is 12.5. The van der Waals surface area contributed by atoms with Crippen LogP contribution in [0.15, 0.2) is 36.4 Å². The molecule has 1 rings (SSSR count). The highest BCUT2D eigenvalue weighted by Crippen LogP contribution is 2.17. The minimum absolute atomic E-state index is 0.435. The number of carbonyl (C=O) groups is 1. The topological polar surface area (TPSA) is 37.3 Å². The molecule has 1 atom stereocenters. The SMILES string of the molecule is C=C(C)CCc1ccc(C(C)C(=O)O)cc1. The van der Waals surface area contributed by atoms with E-state index in [1.807, 2.05) is 31.2 Å². The molecule has 86 valence electrons. The molecule has 16 heavy (non-hydrogen) atoms. The van der Waals surface area contributed by atoms with E-state index >= 15 is 0 Å². The lowest BCUT2D eigenvalue weighted by Gasteiger charge is -2.07. The summed E-state index contributed by atoms with van der Waals surface area (Å²) >= 11 is 0. The Bertz CT molecular complexity index is 376. The van der Waals surface area contributed by atoms with Crippen LogP contribution < -0.4 is 0 Å². The fourth-order valence-corrected chi connectivity index (χ4v) is 1.47. The summed E-state index contributed by atoms with van der Waals surface area (Å²) in [6, 6.07) is 7.79. The smallest absolute Gasteiger partial charge is 0.310 e. The summed E-state index contributed by atoms with van der Waals surface area (Å²) in [6.45, 7) is 7.58. The van der Waals surface area contributed by atoms with Gasteiger partial charge in [0.2, 0.25) is 0 Å². The van der Waals surface area contributed by atoms with Crippen molar-refractivity contribution in [3.63, 3.8) is 0 Å². The minimum atomic E-state index is -0.783. The van der Waals surface area contributed by atoms with Crippen molar-refractivity contribution in [2.24, 2.45) is 0 Å². The van der Waals surface area contributed by atoms with Crippen LogP contribution >= 0.6 is 0 Å². The van der Waals surface area contributed by atoms with Crippen LogP contribution in [-0.4, -0.2) is 11.1 Å². The first-order valence-electron chi connectivity index (χ1n) is 5.46. The summed E-state index contributed by atoms with van der Waals surface area (Å²) in [4.78, 5) is 10.8. The predicted octanol–water partition coefficient (Wildman–Crippen LogP) is 3.38. The van der Waals surface area contributed by atoms with E-state index in [1.165, 1.54) is 11.1 Å². The van der Waals surface area contributed by atoms with Crippen LogP contribution in [0.25, 0.3) is 0 Å². The van der Waals surface area contributed by atoms with E-state index < -0.39 is 11.9 Å². The van der Waals surface area contributed by atoms with Gasteiger partial charge in [-0.15, -0.1) is 6.58 Å². The van der Waals surface area contributed by atoms with Gasteiger partial charge >= 0.3 is 5.97 Å². The molecule has 0 saturated heterocycles. The molecule has 0 aromatic heterocycles. The van der Waals surface area contributed by atoms with Crippen molar-refractivity contribution >= 4 is 5.97 Å². The molecule has 1 unspecified atom stereocenters. The monoisotopic (exact) mass is 218 g/mol. The van der Waals surface area contributed by atoms with Gasteiger partial charge in [0.15, 0.2) is 0 Å². The summed E-state index contributed by atoms with van der Waals surface area (Å²) in [5.74, 6) is -1.22. The largest absolute Gasteiger partial charge is 0.481 e. The number of benzene rings is 1. The normalized spacial score (nSPS) is 12.1. The fraction of sp³-hybridized carbons (Fsp3) is 0.357. The molecule has 0 radical (unpaired) electrons. The van der Waals surface area contributed by atoms with Gasteiger partial charge in [-0.2, -0.15) is 0 Å². The lowest BCUT2D eigenvalue weighted by Crippen LogP contribution is -2.07. The third-order valence-electron chi connectivity index (χ3n) is 2.69. The van der Waals surface area contributed by atoms with Crippen LogP contribution in [0.4, 0.5) is 0 Å². The van der Waals surface area contributed by atoms with Crippen LogP contribution in [0, 0.1) is 0 Å². The quantitative estimate of drug-likeness (QED) is 0.769. The van der Waals surface area contributed by atoms with Crippen molar-refractivity contribution < 1.29 is 9.90 Å². The fourth-order valence-electron chi connectivity index (χ4n) is 1.47. The van der Waals surface area contributed by atoms with E-state index in [0.717, 1.165) is 18.4 Å². The molecule has 0 spiro atoms. The van der Waals surface area contributed by atoms with Gasteiger partial charge in [0.25, 0.3) is 0 Å². The van der Waals surface area contributed by atoms with E-state index in [4.69, 9.17) is 5.11 Å². The van der Waals surface area contributed by atoms with Gasteiger partial charge in [-0.25, -0.2) is 0 Å². The lowest BCUT2D eigenvalue weighted by molar-refractivity contribution is -0.138. The number of hydrogen-bond acceptors (Lipinski definition) is 1. The average molecular weight is 218 g/mol. The maximum Gasteiger partial charge on any atom is 0.310 e. The Morgan fingerprint density at radius 1 is 1.38 bits per heavy atom. The van der Waals surface area contributed by atoms with Gasteiger partial charge in [-0.1, -0.05) is 29.8 Å². The van der Waals surface area contributed by atoms with Crippen LogP contribution in [0.2, 0.25) is 0 Å². The molecule has 2 heteroatoms. The molecular weight excluding hydrogens is 200 g/mol. The van der Waals surface area contributed by atoms with Crippen LogP contribution in [0.1, 0.15) is 37.3 Å². The molecule has 0 amide bonds. The number of carboxylic acids is 1. The van der Waals surface area contributed by atoms with Gasteiger partial charge in [0, 0.05) is 0 Å². The van der Waals surface area contributed by atoms with E-state index in [0.29, 0.717) is 0 Å². The molecule has 0 fully saturated rings. The Kier molecular flexibility index (Phi) is 4.29. The standard InChI is InChI=1S/C14H18O2/c1-10(2)4-5-12-6-8-13(9-7-12)11(3)14(15)16/h6-9,11H,1,4-5H2,2-3H3,(H,15,16). The highest BCUT2D eigenvalue weighted by molar-refractivity contribution is 5.75. The van der Waals surface area contributed by atoms with E-state index in [9.17, 15) is 4.79 Å². The van der Waals surface area contributed by atoms with Gasteiger partial charge in [-0.05, 0) is 37.8 Å². The van der Waals surface area contributed by atoms with Crippen LogP contribution in [0.3, 0.4) is 0 Å². The Morgan fingerprint density at radius 3 is 2.38 bits per heavy atom. The highest BCUT2D eigenvalue weighted by Gasteiger charge is 2.12. The lowest BCUT2D eigenvalue weighted by atomic mass is 9.98. The average Bonchev–Trinajstić information content (AvgIpc) is 2.26. The van der Waals surface area contributed by atoms with E-state index in [2.05, 4.69) is 6.58 Å². The van der Waals surface area contributed by atoms with Gasteiger partial charge in [-0.3, -0.25) is 4.79 Å². The maximum absolute atomic E-state index is 10.8. The Hall–Kier alpha value is -1.57. The number of rotatable bonds is 5. The number of hydrogen-bond donors (Lipinski definition) is 1. The zero-order valence-corrected chi connectivity index (χ0v) is 9.86. The molecule has 0 saturated carbocycles. The summed E-state index contributed by atoms with van der Waals surface area (Å²) in [6.07, 6.45) is 1.95. The van der Waals surface area contributed by atoms with E-state index in [-0.39, 0.29) is 0 Å². The molecule has 2 nitrogen and oxygen atoms in total. The predicted molar refractivity (Wildman–Crippen MR) is 65.6 cm³/mol. The number of aryl methyl sites for hydroxylation is 1.